The predicted molar refractivity (Wildman–Crippen MR) is 163 cm³/mol. The highest BCUT2D eigenvalue weighted by molar-refractivity contribution is 7.78. The molecular formula is C34H52F3O4P. The van der Waals surface area contributed by atoms with E-state index in [1.54, 1.807) is 0 Å². The summed E-state index contributed by atoms with van der Waals surface area (Å²) in [4.78, 5) is 19.8. The summed E-state index contributed by atoms with van der Waals surface area (Å²) in [6, 6.07) is 10.3. The molecule has 3 unspecified atom stereocenters. The molecule has 1 N–H and O–H groups in total. The highest BCUT2D eigenvalue weighted by Crippen LogP contribution is 2.82. The van der Waals surface area contributed by atoms with Gasteiger partial charge in [-0.25, -0.2) is 0 Å². The first kappa shape index (κ1) is 35.0. The van der Waals surface area contributed by atoms with Crippen LogP contribution in [0.5, 0.6) is 0 Å². The number of aliphatic carboxylic acids is 1. The quantitative estimate of drug-likeness (QED) is 0.130. The van der Waals surface area contributed by atoms with Gasteiger partial charge in [0.15, 0.2) is 0 Å². The van der Waals surface area contributed by atoms with E-state index in [0.29, 0.717) is 12.3 Å². The Morgan fingerprint density at radius 3 is 1.74 bits per heavy atom. The van der Waals surface area contributed by atoms with Gasteiger partial charge in [0.2, 0.25) is 0 Å². The fraction of sp³-hybridized carbons (Fsp3) is 0.765. The van der Waals surface area contributed by atoms with E-state index in [9.17, 15) is 23.1 Å². The Morgan fingerprint density at radius 1 is 0.881 bits per heavy atom. The number of aliphatic hydroxyl groups is 1. The van der Waals surface area contributed by atoms with Crippen molar-refractivity contribution in [2.24, 2.45) is 5.92 Å². The number of halogens is 3. The number of carboxylic acids is 1. The van der Waals surface area contributed by atoms with E-state index in [4.69, 9.17) is 9.90 Å². The van der Waals surface area contributed by atoms with Crippen molar-refractivity contribution in [1.82, 2.24) is 0 Å². The minimum atomic E-state index is -5.19. The fourth-order valence-corrected chi connectivity index (χ4v) is 17.4. The van der Waals surface area contributed by atoms with Crippen molar-refractivity contribution in [2.45, 2.75) is 157 Å². The zero-order valence-electron chi connectivity index (χ0n) is 25.4. The van der Waals surface area contributed by atoms with Gasteiger partial charge in [-0.15, -0.1) is 0 Å². The van der Waals surface area contributed by atoms with E-state index < -0.39 is 19.4 Å². The van der Waals surface area contributed by atoms with Crippen molar-refractivity contribution in [3.8, 4) is 0 Å². The lowest BCUT2D eigenvalue weighted by atomic mass is 9.91. The number of hydrogen-bond acceptors (Lipinski definition) is 4. The largest absolute Gasteiger partial charge is 0.542 e. The van der Waals surface area contributed by atoms with E-state index >= 15 is 0 Å². The van der Waals surface area contributed by atoms with Crippen LogP contribution in [-0.2, 0) is 9.59 Å². The van der Waals surface area contributed by atoms with Crippen LogP contribution in [0.1, 0.15) is 134 Å². The van der Waals surface area contributed by atoms with Gasteiger partial charge < -0.3 is 19.8 Å². The summed E-state index contributed by atoms with van der Waals surface area (Å²) in [7, 11) is -1.12. The molecule has 0 radical (unpaired) electrons. The zero-order valence-corrected chi connectivity index (χ0v) is 26.3. The lowest BCUT2D eigenvalue weighted by Crippen LogP contribution is -2.39. The molecule has 0 amide bonds. The number of carboxylic acid groups (broad SMARTS) is 1. The smallest absolute Gasteiger partial charge is 0.430 e. The van der Waals surface area contributed by atoms with Crippen LogP contribution in [0.25, 0.3) is 0 Å². The molecule has 0 heterocycles. The number of carbonyl (C=O) groups is 2. The molecule has 3 aliphatic carbocycles. The number of unbranched alkanes of at least 4 members (excludes halogenated alkanes) is 2. The lowest BCUT2D eigenvalue weighted by molar-refractivity contribution is -0.344. The van der Waals surface area contributed by atoms with Crippen LogP contribution >= 0.6 is 7.26 Å². The van der Waals surface area contributed by atoms with Crippen molar-refractivity contribution in [3.05, 3.63) is 35.9 Å². The Kier molecular flexibility index (Phi) is 14.3. The Balaban J connectivity index is 0.000000616. The number of aldehydes is 1. The third-order valence-electron chi connectivity index (χ3n) is 10.6. The molecule has 4 rings (SSSR count). The number of alkyl halides is 3. The normalized spacial score (nSPS) is 21.1. The zero-order chi connectivity index (χ0) is 30.6. The Morgan fingerprint density at radius 2 is 1.33 bits per heavy atom. The summed E-state index contributed by atoms with van der Waals surface area (Å²) >= 11 is 0. The van der Waals surface area contributed by atoms with Crippen LogP contribution in [0, 0.1) is 5.92 Å². The first-order chi connectivity index (χ1) is 20.1. The maximum absolute atomic E-state index is 11.1. The molecule has 8 heteroatoms. The van der Waals surface area contributed by atoms with E-state index in [1.165, 1.54) is 89.9 Å². The summed E-state index contributed by atoms with van der Waals surface area (Å²) < 4.78 is 31.5. The summed E-state index contributed by atoms with van der Waals surface area (Å²) in [6.45, 7) is 2.71. The average molecular weight is 613 g/mol. The second-order valence-electron chi connectivity index (χ2n) is 13.0. The van der Waals surface area contributed by atoms with Crippen LogP contribution in [0.15, 0.2) is 30.3 Å². The van der Waals surface area contributed by atoms with Crippen LogP contribution < -0.4 is 5.11 Å². The predicted octanol–water partition coefficient (Wildman–Crippen LogP) is 8.41. The Bertz CT molecular complexity index is 882. The van der Waals surface area contributed by atoms with Gasteiger partial charge in [-0.3, -0.25) is 0 Å². The molecule has 1 aromatic carbocycles. The molecule has 0 aliphatic heterocycles. The highest BCUT2D eigenvalue weighted by Gasteiger charge is 2.62. The maximum atomic E-state index is 11.1. The summed E-state index contributed by atoms with van der Waals surface area (Å²) in [5.41, 5.74) is 4.99. The van der Waals surface area contributed by atoms with Crippen molar-refractivity contribution in [2.75, 3.05) is 0 Å². The third kappa shape index (κ3) is 9.27. The van der Waals surface area contributed by atoms with Gasteiger partial charge in [-0.05, 0) is 121 Å². The average Bonchev–Trinajstić information content (AvgIpc) is 3.78. The third-order valence-corrected chi connectivity index (χ3v) is 17.8. The number of aliphatic hydroxyl groups excluding tert-OH is 1. The Hall–Kier alpha value is -1.46. The monoisotopic (exact) mass is 612 g/mol. The molecule has 238 valence electrons. The molecule has 1 aromatic rings. The summed E-state index contributed by atoms with van der Waals surface area (Å²) in [5.74, 6) is -2.30. The van der Waals surface area contributed by atoms with Crippen LogP contribution in [0.3, 0.4) is 0 Å². The first-order valence-corrected chi connectivity index (χ1v) is 18.5. The molecule has 3 atom stereocenters. The molecule has 3 fully saturated rings. The molecule has 0 spiro atoms. The van der Waals surface area contributed by atoms with E-state index in [1.807, 2.05) is 6.07 Å². The second kappa shape index (κ2) is 17.1. The van der Waals surface area contributed by atoms with Crippen LogP contribution in [-0.4, -0.2) is 46.2 Å². The minimum Gasteiger partial charge on any atom is -0.542 e. The van der Waals surface area contributed by atoms with Gasteiger partial charge in [0.25, 0.3) is 0 Å². The van der Waals surface area contributed by atoms with Crippen molar-refractivity contribution in [3.63, 3.8) is 0 Å². The van der Waals surface area contributed by atoms with E-state index in [0.717, 1.165) is 53.7 Å². The van der Waals surface area contributed by atoms with Gasteiger partial charge in [0.05, 0.1) is 28.7 Å². The van der Waals surface area contributed by atoms with Gasteiger partial charge in [-0.2, -0.15) is 13.2 Å². The second-order valence-corrected chi connectivity index (χ2v) is 17.7. The number of hydrogen-bond donors (Lipinski definition) is 1. The highest BCUT2D eigenvalue weighted by atomic mass is 31.2. The molecule has 0 bridgehead atoms. The molecule has 0 aromatic heterocycles. The molecule has 0 saturated heterocycles. The molecular weight excluding hydrogens is 560 g/mol. The molecule has 3 saturated carbocycles. The van der Waals surface area contributed by atoms with Crippen molar-refractivity contribution >= 4 is 19.5 Å². The first-order valence-electron chi connectivity index (χ1n) is 16.4. The van der Waals surface area contributed by atoms with Crippen molar-refractivity contribution in [1.29, 1.82) is 0 Å². The Labute approximate surface area is 251 Å². The topological polar surface area (TPSA) is 77.4 Å². The van der Waals surface area contributed by atoms with Gasteiger partial charge in [0, 0.05) is 13.7 Å². The number of rotatable bonds is 14. The van der Waals surface area contributed by atoms with Crippen LogP contribution in [0.2, 0.25) is 0 Å². The summed E-state index contributed by atoms with van der Waals surface area (Å²) in [6.07, 6.45) is 19.6. The van der Waals surface area contributed by atoms with E-state index in [2.05, 4.69) is 31.2 Å². The van der Waals surface area contributed by atoms with Gasteiger partial charge in [-0.1, -0.05) is 36.8 Å². The lowest BCUT2D eigenvalue weighted by Gasteiger charge is -2.49. The number of carbonyl (C=O) groups excluding carboxylic acids is 2. The molecule has 4 nitrogen and oxygen atoms in total. The molecule has 3 aliphatic rings. The SMILES string of the molecule is CC(C(CCCCC=O)CCC(O)c1ccccc1)[P+](C1CCCC1)(C1CCCC1)C1CCCC1.O=C([O-])C(F)(F)F. The molecule has 42 heavy (non-hydrogen) atoms. The van der Waals surface area contributed by atoms with E-state index in [-0.39, 0.29) is 6.10 Å². The fourth-order valence-electron chi connectivity index (χ4n) is 8.79. The van der Waals surface area contributed by atoms with Crippen molar-refractivity contribution < 1.29 is 33.0 Å². The van der Waals surface area contributed by atoms with Gasteiger partial charge in [0.1, 0.15) is 12.3 Å². The minimum absolute atomic E-state index is 0.349. The van der Waals surface area contributed by atoms with Crippen LogP contribution in [0.4, 0.5) is 13.2 Å². The van der Waals surface area contributed by atoms with Gasteiger partial charge >= 0.3 is 6.18 Å². The standard InChI is InChI=1S/C32H52O2P.C2HF3O2/c1-26(27(14-6-3-13-25-33)23-24-32(34)28-15-4-2-5-16-28)35(29-17-7-8-18-29,30-19-9-10-20-30)31-21-11-12-22-31;3-2(4,5)1(6)7/h2,4-5,15-16,25-27,29-32,34H,3,6-14,17-24H2,1H3;(H,6,7)/q+1;/p-1. The number of benzene rings is 1. The summed E-state index contributed by atoms with van der Waals surface area (Å²) in [5, 5.41) is 19.8. The maximum Gasteiger partial charge on any atom is 0.430 e.